The molecule has 138 valence electrons. The summed E-state index contributed by atoms with van der Waals surface area (Å²) in [5.41, 5.74) is 7.26. The Morgan fingerprint density at radius 2 is 1.89 bits per heavy atom. The maximum Gasteiger partial charge on any atom is 0.409 e. The van der Waals surface area contributed by atoms with Gasteiger partial charge in [-0.05, 0) is 47.0 Å². The van der Waals surface area contributed by atoms with Crippen molar-refractivity contribution in [2.45, 2.75) is 6.42 Å². The van der Waals surface area contributed by atoms with Gasteiger partial charge in [-0.1, -0.05) is 41.9 Å². The van der Waals surface area contributed by atoms with Crippen molar-refractivity contribution in [3.05, 3.63) is 82.6 Å². The highest BCUT2D eigenvalue weighted by molar-refractivity contribution is 6.30. The maximum absolute atomic E-state index is 15.3. The molecule has 4 nitrogen and oxygen atoms in total. The van der Waals surface area contributed by atoms with E-state index in [9.17, 15) is 4.79 Å². The third-order valence-corrected chi connectivity index (χ3v) is 4.26. The van der Waals surface area contributed by atoms with E-state index in [1.807, 2.05) is 6.07 Å². The van der Waals surface area contributed by atoms with Crippen LogP contribution in [0.2, 0.25) is 5.02 Å². The average molecular weight is 386 g/mol. The number of nitrogens with two attached hydrogens (primary N) is 1. The molecule has 0 fully saturated rings. The monoisotopic (exact) mass is 385 g/mol. The van der Waals surface area contributed by atoms with Gasteiger partial charge in [0.25, 0.3) is 0 Å². The second-order valence-electron chi connectivity index (χ2n) is 5.87. The molecule has 0 heterocycles. The van der Waals surface area contributed by atoms with Crippen molar-refractivity contribution in [1.82, 2.24) is 0 Å². The van der Waals surface area contributed by atoms with Gasteiger partial charge in [-0.25, -0.2) is 9.18 Å². The Hall–Kier alpha value is -3.05. The molecule has 0 aliphatic heterocycles. The van der Waals surface area contributed by atoms with E-state index < -0.39 is 11.9 Å². The fraction of sp³-hybridized carbons (Fsp3) is 0.0952. The van der Waals surface area contributed by atoms with Gasteiger partial charge in [-0.15, -0.1) is 0 Å². The first-order chi connectivity index (χ1) is 13.0. The second kappa shape index (κ2) is 8.10. The van der Waals surface area contributed by atoms with Crippen LogP contribution in [0, 0.1) is 5.82 Å². The number of hydrogen-bond acceptors (Lipinski definition) is 3. The molecule has 0 unspecified atom stereocenters. The molecular formula is C21H17ClFNO3. The van der Waals surface area contributed by atoms with E-state index in [1.165, 1.54) is 7.11 Å². The van der Waals surface area contributed by atoms with Gasteiger partial charge in [-0.2, -0.15) is 0 Å². The molecule has 0 radical (unpaired) electrons. The van der Waals surface area contributed by atoms with Crippen LogP contribution in [-0.4, -0.2) is 13.2 Å². The summed E-state index contributed by atoms with van der Waals surface area (Å²) in [6.07, 6.45) is -0.592. The summed E-state index contributed by atoms with van der Waals surface area (Å²) in [5.74, 6) is 0.339. The van der Waals surface area contributed by atoms with Crippen LogP contribution in [0.25, 0.3) is 11.1 Å². The Morgan fingerprint density at radius 3 is 2.59 bits per heavy atom. The lowest BCUT2D eigenvalue weighted by atomic mass is 9.97. The Morgan fingerprint density at radius 1 is 1.11 bits per heavy atom. The highest BCUT2D eigenvalue weighted by Crippen LogP contribution is 2.36. The fourth-order valence-electron chi connectivity index (χ4n) is 2.88. The van der Waals surface area contributed by atoms with Crippen molar-refractivity contribution >= 4 is 17.7 Å². The number of rotatable bonds is 5. The first-order valence-corrected chi connectivity index (χ1v) is 8.53. The minimum atomic E-state index is -0.897. The molecule has 1 amide bonds. The normalized spacial score (nSPS) is 10.5. The molecular weight excluding hydrogens is 369 g/mol. The predicted molar refractivity (Wildman–Crippen MR) is 103 cm³/mol. The fourth-order valence-corrected chi connectivity index (χ4v) is 3.07. The van der Waals surface area contributed by atoms with Gasteiger partial charge < -0.3 is 15.2 Å². The van der Waals surface area contributed by atoms with Crippen LogP contribution in [0.3, 0.4) is 0 Å². The maximum atomic E-state index is 15.3. The molecule has 3 rings (SSSR count). The number of ether oxygens (including phenoxy) is 2. The summed E-state index contributed by atoms with van der Waals surface area (Å²) in [7, 11) is 1.49. The molecule has 0 bridgehead atoms. The summed E-state index contributed by atoms with van der Waals surface area (Å²) < 4.78 is 25.5. The first kappa shape index (κ1) is 18.7. The lowest BCUT2D eigenvalue weighted by Gasteiger charge is -2.14. The zero-order valence-corrected chi connectivity index (χ0v) is 15.3. The summed E-state index contributed by atoms with van der Waals surface area (Å²) >= 11 is 6.06. The number of hydrogen-bond donors (Lipinski definition) is 1. The number of methoxy groups -OCH3 is 1. The van der Waals surface area contributed by atoms with Gasteiger partial charge in [0.2, 0.25) is 0 Å². The van der Waals surface area contributed by atoms with Crippen LogP contribution in [0.15, 0.2) is 60.7 Å². The largest absolute Gasteiger partial charge is 0.496 e. The molecule has 0 aromatic heterocycles. The quantitative estimate of drug-likeness (QED) is 0.656. The van der Waals surface area contributed by atoms with E-state index in [0.29, 0.717) is 39.6 Å². The van der Waals surface area contributed by atoms with Crippen LogP contribution in [-0.2, 0) is 6.42 Å². The van der Waals surface area contributed by atoms with Crippen molar-refractivity contribution in [2.75, 3.05) is 7.11 Å². The second-order valence-corrected chi connectivity index (χ2v) is 6.31. The van der Waals surface area contributed by atoms with E-state index in [4.69, 9.17) is 26.8 Å². The Kier molecular flexibility index (Phi) is 5.62. The van der Waals surface area contributed by atoms with Gasteiger partial charge in [-0.3, -0.25) is 0 Å². The third-order valence-electron chi connectivity index (χ3n) is 4.03. The number of benzene rings is 3. The zero-order chi connectivity index (χ0) is 19.4. The van der Waals surface area contributed by atoms with Crippen molar-refractivity contribution in [3.63, 3.8) is 0 Å². The molecule has 0 aliphatic carbocycles. The summed E-state index contributed by atoms with van der Waals surface area (Å²) in [4.78, 5) is 10.9. The Labute approximate surface area is 161 Å². The zero-order valence-electron chi connectivity index (χ0n) is 14.5. The Balaban J connectivity index is 2.00. The molecule has 0 saturated carbocycles. The molecule has 3 aromatic carbocycles. The number of halogens is 2. The lowest BCUT2D eigenvalue weighted by molar-refractivity contribution is 0.211. The number of carbonyl (C=O) groups is 1. The minimum Gasteiger partial charge on any atom is -0.496 e. The van der Waals surface area contributed by atoms with E-state index in [1.54, 1.807) is 54.6 Å². The number of carbonyl (C=O) groups excluding carboxylic acids is 1. The van der Waals surface area contributed by atoms with Crippen molar-refractivity contribution < 1.29 is 18.7 Å². The van der Waals surface area contributed by atoms with E-state index >= 15 is 4.39 Å². The third kappa shape index (κ3) is 4.38. The smallest absolute Gasteiger partial charge is 0.409 e. The van der Waals surface area contributed by atoms with Crippen molar-refractivity contribution in [3.8, 4) is 22.6 Å². The number of amides is 1. The molecule has 0 atom stereocenters. The van der Waals surface area contributed by atoms with Crippen LogP contribution < -0.4 is 15.2 Å². The average Bonchev–Trinajstić information content (AvgIpc) is 2.63. The van der Waals surface area contributed by atoms with Crippen LogP contribution in [0.4, 0.5) is 9.18 Å². The van der Waals surface area contributed by atoms with Crippen molar-refractivity contribution in [1.29, 1.82) is 0 Å². The highest BCUT2D eigenvalue weighted by Gasteiger charge is 2.17. The summed E-state index contributed by atoms with van der Waals surface area (Å²) in [6, 6.07) is 17.1. The van der Waals surface area contributed by atoms with Gasteiger partial charge in [0.15, 0.2) is 0 Å². The standard InChI is InChI=1S/C21H17ClFNO3/c1-26-18-9-8-15(10-13-4-2-7-17(11-13)27-21(24)25)20(23)19(18)14-5-3-6-16(22)12-14/h2-9,11-12H,10H2,1H3,(H2,24,25). The van der Waals surface area contributed by atoms with Crippen LogP contribution >= 0.6 is 11.6 Å². The Bertz CT molecular complexity index is 991. The number of primary amides is 1. The van der Waals surface area contributed by atoms with Crippen molar-refractivity contribution in [2.24, 2.45) is 5.73 Å². The van der Waals surface area contributed by atoms with E-state index in [-0.39, 0.29) is 0 Å². The SMILES string of the molecule is COc1ccc(Cc2cccc(OC(N)=O)c2)c(F)c1-c1cccc(Cl)c1. The molecule has 27 heavy (non-hydrogen) atoms. The topological polar surface area (TPSA) is 61.6 Å². The van der Waals surface area contributed by atoms with Gasteiger partial charge in [0, 0.05) is 11.4 Å². The predicted octanol–water partition coefficient (Wildman–Crippen LogP) is 5.20. The van der Waals surface area contributed by atoms with E-state index in [0.717, 1.165) is 5.56 Å². The molecule has 0 saturated heterocycles. The minimum absolute atomic E-state index is 0.305. The molecule has 0 aliphatic rings. The molecule has 2 N–H and O–H groups in total. The first-order valence-electron chi connectivity index (χ1n) is 8.15. The van der Waals surface area contributed by atoms with E-state index in [2.05, 4.69) is 0 Å². The van der Waals surface area contributed by atoms with Gasteiger partial charge >= 0.3 is 6.09 Å². The summed E-state index contributed by atoms with van der Waals surface area (Å²) in [6.45, 7) is 0. The molecule has 6 heteroatoms. The van der Waals surface area contributed by atoms with Gasteiger partial charge in [0.05, 0.1) is 12.7 Å². The van der Waals surface area contributed by atoms with Gasteiger partial charge in [0.1, 0.15) is 17.3 Å². The lowest BCUT2D eigenvalue weighted by Crippen LogP contribution is -2.16. The molecule has 3 aromatic rings. The highest BCUT2D eigenvalue weighted by atomic mass is 35.5. The van der Waals surface area contributed by atoms with Crippen LogP contribution in [0.1, 0.15) is 11.1 Å². The van der Waals surface area contributed by atoms with Crippen LogP contribution in [0.5, 0.6) is 11.5 Å². The molecule has 0 spiro atoms. The summed E-state index contributed by atoms with van der Waals surface area (Å²) in [5, 5.41) is 0.510.